The zero-order valence-electron chi connectivity index (χ0n) is 19.4. The van der Waals surface area contributed by atoms with Crippen LogP contribution in [-0.2, 0) is 0 Å². The van der Waals surface area contributed by atoms with Crippen LogP contribution in [0.25, 0.3) is 11.8 Å². The number of hydrogen-bond acceptors (Lipinski definition) is 5. The normalized spacial score (nSPS) is 18.5. The zero-order chi connectivity index (χ0) is 23.2. The highest BCUT2D eigenvalue weighted by Gasteiger charge is 2.42. The Kier molecular flexibility index (Phi) is 5.19. The van der Waals surface area contributed by atoms with Crippen LogP contribution in [0.3, 0.4) is 0 Å². The van der Waals surface area contributed by atoms with E-state index >= 15 is 0 Å². The summed E-state index contributed by atoms with van der Waals surface area (Å²) < 4.78 is 21.2. The third kappa shape index (κ3) is 3.88. The lowest BCUT2D eigenvalue weighted by molar-refractivity contribution is 0.316. The summed E-state index contributed by atoms with van der Waals surface area (Å²) in [5, 5.41) is 4.39. The Morgan fingerprint density at radius 2 is 1.91 bits per heavy atom. The monoisotopic (exact) mass is 445 g/mol. The van der Waals surface area contributed by atoms with Gasteiger partial charge in [-0.05, 0) is 87.2 Å². The van der Waals surface area contributed by atoms with Gasteiger partial charge in [0.1, 0.15) is 23.1 Å². The van der Waals surface area contributed by atoms with Crippen molar-refractivity contribution in [3.8, 4) is 11.4 Å². The van der Waals surface area contributed by atoms with E-state index in [0.717, 1.165) is 53.6 Å². The van der Waals surface area contributed by atoms with Crippen LogP contribution < -0.4 is 9.75 Å². The van der Waals surface area contributed by atoms with E-state index in [4.69, 9.17) is 9.73 Å². The van der Waals surface area contributed by atoms with Gasteiger partial charge in [0.25, 0.3) is 0 Å². The van der Waals surface area contributed by atoms with Gasteiger partial charge in [-0.3, -0.25) is 10.0 Å². The summed E-state index contributed by atoms with van der Waals surface area (Å²) in [5.41, 5.74) is 4.63. The van der Waals surface area contributed by atoms with Crippen molar-refractivity contribution in [3.05, 3.63) is 77.6 Å². The molecular formula is C26H28FN5O. The second-order valence-corrected chi connectivity index (χ2v) is 8.97. The molecule has 6 nitrogen and oxygen atoms in total. The Morgan fingerprint density at radius 1 is 1.12 bits per heavy atom. The number of anilines is 1. The summed E-state index contributed by atoms with van der Waals surface area (Å²) in [7, 11) is 1.69. The number of aliphatic imine (C=N–C) groups is 1. The van der Waals surface area contributed by atoms with Gasteiger partial charge in [-0.1, -0.05) is 6.07 Å². The smallest absolute Gasteiger partial charge is 0.148 e. The number of ether oxygens (including phenoxy) is 1. The molecule has 3 aromatic rings. The summed E-state index contributed by atoms with van der Waals surface area (Å²) in [4.78, 5) is 9.39. The molecule has 0 amide bonds. The molecule has 0 aliphatic carbocycles. The second-order valence-electron chi connectivity index (χ2n) is 8.97. The van der Waals surface area contributed by atoms with Gasteiger partial charge in [0, 0.05) is 12.7 Å². The highest BCUT2D eigenvalue weighted by Crippen LogP contribution is 2.38. The van der Waals surface area contributed by atoms with Crippen LogP contribution in [0.2, 0.25) is 0 Å². The standard InChI is InChI=1S/C26H28FN5O/c1-18-16-30(17-28-18)23-12-7-19(15-24(23)33-4)14-20-6-5-13-31-25(20)29-26(2,3)32(31)22-10-8-21(27)9-11-22/h7-12,14-17H,5-6,13H2,1-4H3/b20-14-. The van der Waals surface area contributed by atoms with Crippen LogP contribution in [0, 0.1) is 12.7 Å². The van der Waals surface area contributed by atoms with Crippen LogP contribution >= 0.6 is 0 Å². The van der Waals surface area contributed by atoms with E-state index in [0.29, 0.717) is 0 Å². The maximum Gasteiger partial charge on any atom is 0.148 e. The molecule has 0 radical (unpaired) electrons. The lowest BCUT2D eigenvalue weighted by Gasteiger charge is -2.41. The summed E-state index contributed by atoms with van der Waals surface area (Å²) in [6.45, 7) is 7.02. The van der Waals surface area contributed by atoms with E-state index in [2.05, 4.69) is 53.1 Å². The number of hydrazine groups is 1. The fourth-order valence-electron chi connectivity index (χ4n) is 4.65. The highest BCUT2D eigenvalue weighted by atomic mass is 19.1. The maximum absolute atomic E-state index is 13.5. The van der Waals surface area contributed by atoms with E-state index in [1.165, 1.54) is 17.7 Å². The van der Waals surface area contributed by atoms with Crippen molar-refractivity contribution in [2.24, 2.45) is 4.99 Å². The molecule has 0 bridgehead atoms. The van der Waals surface area contributed by atoms with E-state index in [9.17, 15) is 4.39 Å². The summed E-state index contributed by atoms with van der Waals surface area (Å²) in [5.74, 6) is 1.53. The van der Waals surface area contributed by atoms with Crippen molar-refractivity contribution >= 4 is 17.6 Å². The largest absolute Gasteiger partial charge is 0.495 e. The number of imidazole rings is 1. The van der Waals surface area contributed by atoms with Gasteiger partial charge in [-0.2, -0.15) is 0 Å². The van der Waals surface area contributed by atoms with Gasteiger partial charge in [0.05, 0.1) is 30.5 Å². The first-order chi connectivity index (χ1) is 15.9. The Morgan fingerprint density at radius 3 is 2.61 bits per heavy atom. The van der Waals surface area contributed by atoms with Crippen molar-refractivity contribution in [2.45, 2.75) is 39.3 Å². The van der Waals surface area contributed by atoms with Gasteiger partial charge in [0.2, 0.25) is 0 Å². The van der Waals surface area contributed by atoms with Crippen LogP contribution in [0.15, 0.2) is 65.6 Å². The molecule has 0 spiro atoms. The lowest BCUT2D eigenvalue weighted by Crippen LogP contribution is -2.51. The number of piperidine rings is 1. The number of nitrogens with zero attached hydrogens (tertiary/aromatic N) is 5. The van der Waals surface area contributed by atoms with Crippen molar-refractivity contribution in [2.75, 3.05) is 18.7 Å². The van der Waals surface area contributed by atoms with E-state index in [1.54, 1.807) is 13.4 Å². The number of aryl methyl sites for hydroxylation is 1. The number of halogens is 1. The molecule has 2 aliphatic heterocycles. The fraction of sp³-hybridized carbons (Fsp3) is 0.308. The predicted molar refractivity (Wildman–Crippen MR) is 129 cm³/mol. The molecule has 7 heteroatoms. The van der Waals surface area contributed by atoms with Crippen molar-refractivity contribution < 1.29 is 9.13 Å². The molecule has 1 aromatic heterocycles. The molecule has 0 atom stereocenters. The number of methoxy groups -OCH3 is 1. The van der Waals surface area contributed by atoms with Crippen LogP contribution in [0.4, 0.5) is 10.1 Å². The van der Waals surface area contributed by atoms with Gasteiger partial charge in [0.15, 0.2) is 0 Å². The quantitative estimate of drug-likeness (QED) is 0.541. The maximum atomic E-state index is 13.5. The number of benzene rings is 2. The van der Waals surface area contributed by atoms with Gasteiger partial charge in [-0.15, -0.1) is 0 Å². The van der Waals surface area contributed by atoms with Crippen LogP contribution in [0.1, 0.15) is 37.9 Å². The third-order valence-electron chi connectivity index (χ3n) is 6.09. The van der Waals surface area contributed by atoms with Gasteiger partial charge < -0.3 is 9.30 Å². The second kappa shape index (κ2) is 8.06. The number of hydrogen-bond donors (Lipinski definition) is 0. The van der Waals surface area contributed by atoms with E-state index in [1.807, 2.05) is 29.8 Å². The number of aromatic nitrogens is 2. The third-order valence-corrected chi connectivity index (χ3v) is 6.09. The minimum Gasteiger partial charge on any atom is -0.495 e. The highest BCUT2D eigenvalue weighted by molar-refractivity contribution is 6.05. The minimum absolute atomic E-state index is 0.237. The first-order valence-electron chi connectivity index (χ1n) is 11.2. The molecule has 1 saturated heterocycles. The molecule has 2 aliphatic rings. The Bertz CT molecular complexity index is 1240. The van der Waals surface area contributed by atoms with Crippen molar-refractivity contribution in [1.29, 1.82) is 0 Å². The van der Waals surface area contributed by atoms with Gasteiger partial charge >= 0.3 is 0 Å². The molecular weight excluding hydrogens is 417 g/mol. The predicted octanol–water partition coefficient (Wildman–Crippen LogP) is 5.38. The molecule has 33 heavy (non-hydrogen) atoms. The summed E-state index contributed by atoms with van der Waals surface area (Å²) >= 11 is 0. The van der Waals surface area contributed by atoms with Crippen LogP contribution in [-0.4, -0.2) is 39.7 Å². The molecule has 3 heterocycles. The summed E-state index contributed by atoms with van der Waals surface area (Å²) in [6, 6.07) is 12.8. The average Bonchev–Trinajstić information content (AvgIpc) is 3.34. The topological polar surface area (TPSA) is 45.9 Å². The lowest BCUT2D eigenvalue weighted by atomic mass is 10.0. The van der Waals surface area contributed by atoms with Gasteiger partial charge in [-0.25, -0.2) is 14.4 Å². The Labute approximate surface area is 193 Å². The molecule has 2 aromatic carbocycles. The number of fused-ring (bicyclic) bond motifs is 1. The van der Waals surface area contributed by atoms with E-state index in [-0.39, 0.29) is 5.82 Å². The average molecular weight is 446 g/mol. The van der Waals surface area contributed by atoms with Crippen molar-refractivity contribution in [1.82, 2.24) is 14.6 Å². The Balaban J connectivity index is 1.49. The number of amidine groups is 1. The van der Waals surface area contributed by atoms with Crippen molar-refractivity contribution in [3.63, 3.8) is 0 Å². The molecule has 0 saturated carbocycles. The SMILES string of the molecule is COc1cc(/C=C2/CCCN3C2=NC(C)(C)N3c2ccc(F)cc2)ccc1-n1cnc(C)c1. The first-order valence-corrected chi connectivity index (χ1v) is 11.2. The number of rotatable bonds is 4. The fourth-order valence-corrected chi connectivity index (χ4v) is 4.65. The molecule has 1 fully saturated rings. The van der Waals surface area contributed by atoms with Crippen LogP contribution in [0.5, 0.6) is 5.75 Å². The zero-order valence-corrected chi connectivity index (χ0v) is 19.4. The Hall–Kier alpha value is -3.61. The molecule has 0 unspecified atom stereocenters. The summed E-state index contributed by atoms with van der Waals surface area (Å²) in [6.07, 6.45) is 7.94. The first kappa shape index (κ1) is 21.2. The molecule has 5 rings (SSSR count). The molecule has 170 valence electrons. The molecule has 0 N–H and O–H groups in total. The minimum atomic E-state index is -0.461. The van der Waals surface area contributed by atoms with E-state index < -0.39 is 5.66 Å².